The summed E-state index contributed by atoms with van der Waals surface area (Å²) >= 11 is 0. The van der Waals surface area contributed by atoms with Crippen LogP contribution in [0.2, 0.25) is 0 Å². The molecule has 170 valence electrons. The Morgan fingerprint density at radius 2 is 2.00 bits per heavy atom. The predicted octanol–water partition coefficient (Wildman–Crippen LogP) is 4.49. The van der Waals surface area contributed by atoms with Crippen molar-refractivity contribution >= 4 is 16.6 Å². The Labute approximate surface area is 187 Å². The number of nitrogens with zero attached hydrogens (tertiary/aromatic N) is 3. The van der Waals surface area contributed by atoms with Gasteiger partial charge in [-0.25, -0.2) is 4.39 Å². The third kappa shape index (κ3) is 4.96. The van der Waals surface area contributed by atoms with Crippen molar-refractivity contribution in [1.82, 2.24) is 20.0 Å². The van der Waals surface area contributed by atoms with Crippen LogP contribution in [0.1, 0.15) is 19.0 Å². The molecule has 0 radical (unpaired) electrons. The molecule has 0 amide bonds. The second-order valence-corrected chi connectivity index (χ2v) is 7.96. The van der Waals surface area contributed by atoms with E-state index in [1.54, 1.807) is 20.2 Å². The number of ether oxygens (including phenoxy) is 1. The van der Waals surface area contributed by atoms with Gasteiger partial charge < -0.3 is 20.4 Å². The van der Waals surface area contributed by atoms with E-state index < -0.39 is 11.6 Å². The lowest BCUT2D eigenvalue weighted by Crippen LogP contribution is -2.11. The number of fused-ring (bicyclic) bond motifs is 1. The zero-order valence-corrected chi connectivity index (χ0v) is 19.1. The average molecular weight is 442 g/mol. The maximum absolute atomic E-state index is 14.8. The van der Waals surface area contributed by atoms with Crippen molar-refractivity contribution in [2.75, 3.05) is 27.7 Å². The fourth-order valence-electron chi connectivity index (χ4n) is 3.63. The van der Waals surface area contributed by atoms with Crippen LogP contribution < -0.4 is 10.1 Å². The summed E-state index contributed by atoms with van der Waals surface area (Å²) in [6.07, 6.45) is 2.09. The highest BCUT2D eigenvalue weighted by atomic mass is 19.2. The van der Waals surface area contributed by atoms with Crippen LogP contribution in [0.25, 0.3) is 22.0 Å². The Balaban J connectivity index is 1.99. The number of aromatic nitrogens is 2. The number of aryl methyl sites for hydroxylation is 1. The number of hydrogen-bond acceptors (Lipinski definition) is 5. The number of halogens is 2. The van der Waals surface area contributed by atoms with Crippen LogP contribution in [0.4, 0.5) is 8.78 Å². The molecule has 6 nitrogen and oxygen atoms in total. The highest BCUT2D eigenvalue weighted by Gasteiger charge is 2.19. The molecule has 8 heteroatoms. The van der Waals surface area contributed by atoms with Gasteiger partial charge in [0.15, 0.2) is 11.6 Å². The van der Waals surface area contributed by atoms with Gasteiger partial charge in [-0.1, -0.05) is 6.07 Å². The maximum Gasteiger partial charge on any atom is 0.201 e. The first-order chi connectivity index (χ1) is 15.2. The predicted molar refractivity (Wildman–Crippen MR) is 124 cm³/mol. The van der Waals surface area contributed by atoms with Gasteiger partial charge in [0.1, 0.15) is 0 Å². The molecule has 32 heavy (non-hydrogen) atoms. The lowest BCUT2D eigenvalue weighted by atomic mass is 10.0. The Hall–Kier alpha value is -3.26. The largest absolute Gasteiger partial charge is 0.489 e. The van der Waals surface area contributed by atoms with Gasteiger partial charge in [0.05, 0.1) is 17.8 Å². The molecule has 0 bridgehead atoms. The standard InChI is InChI=1S/C24H29F2N5O/c1-15(27)17(13-28-2)10-11-32-24-18(7-8-20(25)23(24)26)16-6-9-22-19(12-16)21(14-30(3)4)29-31(22)5/h6-9,12-13,27-28H,10-11,14H2,1-5H3/b17-13-,27-15?. The van der Waals surface area contributed by atoms with E-state index in [4.69, 9.17) is 10.1 Å². The first-order valence-electron chi connectivity index (χ1n) is 10.4. The van der Waals surface area contributed by atoms with E-state index in [-0.39, 0.29) is 12.4 Å². The summed E-state index contributed by atoms with van der Waals surface area (Å²) in [7, 11) is 7.57. The molecule has 0 aliphatic heterocycles. The topological polar surface area (TPSA) is 66.2 Å². The Morgan fingerprint density at radius 1 is 1.25 bits per heavy atom. The van der Waals surface area contributed by atoms with Gasteiger partial charge in [-0.05, 0) is 56.4 Å². The Kier molecular flexibility index (Phi) is 7.25. The van der Waals surface area contributed by atoms with E-state index in [1.165, 1.54) is 6.07 Å². The van der Waals surface area contributed by atoms with E-state index in [2.05, 4.69) is 10.4 Å². The van der Waals surface area contributed by atoms with Crippen molar-refractivity contribution in [3.63, 3.8) is 0 Å². The first kappa shape index (κ1) is 23.4. The van der Waals surface area contributed by atoms with Crippen LogP contribution in [0, 0.1) is 17.0 Å². The quantitative estimate of drug-likeness (QED) is 0.480. The molecule has 0 unspecified atom stereocenters. The lowest BCUT2D eigenvalue weighted by Gasteiger charge is -2.14. The van der Waals surface area contributed by atoms with Gasteiger partial charge in [0.2, 0.25) is 5.82 Å². The molecule has 0 fully saturated rings. The van der Waals surface area contributed by atoms with Gasteiger partial charge in [-0.3, -0.25) is 4.68 Å². The van der Waals surface area contributed by atoms with Crippen molar-refractivity contribution in [1.29, 1.82) is 5.41 Å². The molecule has 0 atom stereocenters. The third-order valence-corrected chi connectivity index (χ3v) is 5.17. The number of benzene rings is 2. The highest BCUT2D eigenvalue weighted by molar-refractivity contribution is 5.95. The summed E-state index contributed by atoms with van der Waals surface area (Å²) in [5.41, 5.74) is 4.17. The zero-order chi connectivity index (χ0) is 23.4. The Bertz CT molecular complexity index is 1170. The van der Waals surface area contributed by atoms with Crippen molar-refractivity contribution in [2.45, 2.75) is 19.9 Å². The molecule has 1 aromatic heterocycles. The molecular formula is C24H29F2N5O. The summed E-state index contributed by atoms with van der Waals surface area (Å²) in [5, 5.41) is 16.3. The average Bonchev–Trinajstić information content (AvgIpc) is 3.04. The molecule has 0 spiro atoms. The van der Waals surface area contributed by atoms with Crippen LogP contribution >= 0.6 is 0 Å². The van der Waals surface area contributed by atoms with Gasteiger partial charge in [-0.2, -0.15) is 9.49 Å². The van der Waals surface area contributed by atoms with Crippen molar-refractivity contribution in [3.8, 4) is 16.9 Å². The van der Waals surface area contributed by atoms with E-state index in [0.29, 0.717) is 29.8 Å². The van der Waals surface area contributed by atoms with Gasteiger partial charge in [-0.15, -0.1) is 0 Å². The van der Waals surface area contributed by atoms with Crippen molar-refractivity contribution in [3.05, 3.63) is 59.4 Å². The molecule has 3 aromatic rings. The molecule has 0 saturated carbocycles. The van der Waals surface area contributed by atoms with Crippen LogP contribution in [-0.4, -0.2) is 48.1 Å². The number of hydrogen-bond donors (Lipinski definition) is 2. The van der Waals surface area contributed by atoms with Crippen molar-refractivity contribution < 1.29 is 13.5 Å². The minimum atomic E-state index is -1.02. The number of nitrogens with one attached hydrogen (secondary N) is 2. The van der Waals surface area contributed by atoms with E-state index in [9.17, 15) is 8.78 Å². The van der Waals surface area contributed by atoms with Crippen LogP contribution in [0.15, 0.2) is 42.1 Å². The Morgan fingerprint density at radius 3 is 2.66 bits per heavy atom. The summed E-state index contributed by atoms with van der Waals surface area (Å²) in [6.45, 7) is 2.44. The van der Waals surface area contributed by atoms with Gasteiger partial charge >= 0.3 is 0 Å². The van der Waals surface area contributed by atoms with Crippen molar-refractivity contribution in [2.24, 2.45) is 7.05 Å². The highest BCUT2D eigenvalue weighted by Crippen LogP contribution is 2.36. The lowest BCUT2D eigenvalue weighted by molar-refractivity contribution is 0.301. The molecule has 0 saturated heterocycles. The molecule has 3 rings (SSSR count). The van der Waals surface area contributed by atoms with Crippen LogP contribution in [0.5, 0.6) is 5.75 Å². The second-order valence-electron chi connectivity index (χ2n) is 7.96. The number of rotatable bonds is 9. The minimum absolute atomic E-state index is 0.109. The fourth-order valence-corrected chi connectivity index (χ4v) is 3.63. The summed E-state index contributed by atoms with van der Waals surface area (Å²) < 4.78 is 36.3. The summed E-state index contributed by atoms with van der Waals surface area (Å²) in [5.74, 6) is -2.12. The van der Waals surface area contributed by atoms with Crippen LogP contribution in [0.3, 0.4) is 0 Å². The normalized spacial score (nSPS) is 11.9. The third-order valence-electron chi connectivity index (χ3n) is 5.17. The van der Waals surface area contributed by atoms with Gasteiger partial charge in [0, 0.05) is 49.9 Å². The summed E-state index contributed by atoms with van der Waals surface area (Å²) in [6, 6.07) is 8.36. The molecular weight excluding hydrogens is 412 g/mol. The van der Waals surface area contributed by atoms with E-state index in [0.717, 1.165) is 28.2 Å². The molecule has 1 heterocycles. The zero-order valence-electron chi connectivity index (χ0n) is 19.1. The monoisotopic (exact) mass is 441 g/mol. The smallest absolute Gasteiger partial charge is 0.201 e. The second kappa shape index (κ2) is 9.91. The molecule has 0 aliphatic rings. The fraction of sp³-hybridized carbons (Fsp3) is 0.333. The maximum atomic E-state index is 14.8. The minimum Gasteiger partial charge on any atom is -0.489 e. The first-order valence-corrected chi connectivity index (χ1v) is 10.4. The SMILES string of the molecule is CN/C=C(/CCOc1c(-c2ccc3c(c2)c(CN(C)C)nn3C)ccc(F)c1F)C(C)=N. The molecule has 2 aromatic carbocycles. The molecule has 2 N–H and O–H groups in total. The van der Waals surface area contributed by atoms with Gasteiger partial charge in [0.25, 0.3) is 0 Å². The molecule has 0 aliphatic carbocycles. The van der Waals surface area contributed by atoms with E-state index in [1.807, 2.05) is 48.9 Å². The summed E-state index contributed by atoms with van der Waals surface area (Å²) in [4.78, 5) is 2.03. The van der Waals surface area contributed by atoms with Crippen LogP contribution in [-0.2, 0) is 13.6 Å². The van der Waals surface area contributed by atoms with E-state index >= 15 is 0 Å².